The number of nitrogens with zero attached hydrogens (tertiary/aromatic N) is 4. The summed E-state index contributed by atoms with van der Waals surface area (Å²) in [5, 5.41) is 3.19. The molecule has 0 bridgehead atoms. The number of rotatable bonds is 9. The highest BCUT2D eigenvalue weighted by Gasteiger charge is 2.22. The molecule has 1 amide bonds. The van der Waals surface area contributed by atoms with Gasteiger partial charge in [0.15, 0.2) is 12.1 Å². The smallest absolute Gasteiger partial charge is 0.228 e. The average molecular weight is 536 g/mol. The second kappa shape index (κ2) is 11.7. The van der Waals surface area contributed by atoms with E-state index < -0.39 is 17.5 Å². The normalized spacial score (nSPS) is 16.2. The summed E-state index contributed by atoms with van der Waals surface area (Å²) in [4.78, 5) is 38.6. The van der Waals surface area contributed by atoms with Crippen LogP contribution < -0.4 is 5.32 Å². The number of benzene rings is 1. The van der Waals surface area contributed by atoms with Crippen molar-refractivity contribution in [1.29, 1.82) is 0 Å². The van der Waals surface area contributed by atoms with E-state index in [0.29, 0.717) is 29.8 Å². The molecule has 1 fully saturated rings. The lowest BCUT2D eigenvalue weighted by Gasteiger charge is -2.24. The van der Waals surface area contributed by atoms with Gasteiger partial charge in [0, 0.05) is 42.2 Å². The zero-order valence-electron chi connectivity index (χ0n) is 21.3. The Labute approximate surface area is 223 Å². The van der Waals surface area contributed by atoms with Gasteiger partial charge in [0.25, 0.3) is 0 Å². The van der Waals surface area contributed by atoms with Gasteiger partial charge in [0.2, 0.25) is 5.91 Å². The van der Waals surface area contributed by atoms with Crippen molar-refractivity contribution in [3.8, 4) is 0 Å². The van der Waals surface area contributed by atoms with Gasteiger partial charge >= 0.3 is 0 Å². The predicted octanol–water partition coefficient (Wildman–Crippen LogP) is 4.62. The minimum atomic E-state index is -0.809. The first kappa shape index (κ1) is 26.5. The van der Waals surface area contributed by atoms with Crippen molar-refractivity contribution < 1.29 is 27.8 Å². The highest BCUT2D eigenvalue weighted by atomic mass is 19.1. The Morgan fingerprint density at radius 3 is 2.85 bits per heavy atom. The van der Waals surface area contributed by atoms with E-state index in [1.54, 1.807) is 12.4 Å². The second-order valence-electron chi connectivity index (χ2n) is 9.44. The molecule has 1 aliphatic rings. The molecule has 0 saturated carbocycles. The molecule has 1 N–H and O–H groups in total. The molecule has 2 atom stereocenters. The summed E-state index contributed by atoms with van der Waals surface area (Å²) >= 11 is 0. The number of carbonyl (C=O) groups is 2. The standard InChI is InChI=1S/C28H27F2N5O4/c1-17(15-39-26-4-2-3-7-38-26)35-14-23(22-13-32-16-33-28(22)35)27(37)19-8-21(12-31-11-19)34-25(36)9-18-5-6-20(29)10-24(18)30/h5-6,8,10-14,16-17,26H,2-4,7,9,15H2,1H3,(H,34,36)/t17-,26?/m0/s1. The fraction of sp³-hybridized carbons (Fsp3) is 0.321. The first-order valence-electron chi connectivity index (χ1n) is 12.7. The summed E-state index contributed by atoms with van der Waals surface area (Å²) < 4.78 is 40.6. The van der Waals surface area contributed by atoms with E-state index in [4.69, 9.17) is 9.47 Å². The summed E-state index contributed by atoms with van der Waals surface area (Å²) in [6.07, 6.45) is 9.92. The van der Waals surface area contributed by atoms with Gasteiger partial charge in [-0.3, -0.25) is 14.6 Å². The number of amides is 1. The molecule has 4 heterocycles. The van der Waals surface area contributed by atoms with Gasteiger partial charge in [-0.1, -0.05) is 6.07 Å². The highest BCUT2D eigenvalue weighted by Crippen LogP contribution is 2.26. The molecule has 11 heteroatoms. The van der Waals surface area contributed by atoms with Crippen molar-refractivity contribution >= 4 is 28.4 Å². The van der Waals surface area contributed by atoms with Crippen molar-refractivity contribution in [3.05, 3.63) is 83.7 Å². The summed E-state index contributed by atoms with van der Waals surface area (Å²) in [6.45, 7) is 3.04. The number of aromatic nitrogens is 4. The first-order chi connectivity index (χ1) is 18.9. The third-order valence-electron chi connectivity index (χ3n) is 6.53. The lowest BCUT2D eigenvalue weighted by molar-refractivity contribution is -0.166. The first-order valence-corrected chi connectivity index (χ1v) is 12.7. The van der Waals surface area contributed by atoms with Crippen LogP contribution in [0.4, 0.5) is 14.5 Å². The fourth-order valence-electron chi connectivity index (χ4n) is 4.51. The summed E-state index contributed by atoms with van der Waals surface area (Å²) in [7, 11) is 0. The number of ether oxygens (including phenoxy) is 2. The Bertz CT molecular complexity index is 1500. The number of ketones is 1. The number of halogens is 2. The minimum absolute atomic E-state index is 0.0510. The lowest BCUT2D eigenvalue weighted by atomic mass is 10.1. The van der Waals surface area contributed by atoms with Crippen LogP contribution in [0, 0.1) is 11.6 Å². The minimum Gasteiger partial charge on any atom is -0.353 e. The summed E-state index contributed by atoms with van der Waals surface area (Å²) in [6, 6.07) is 4.39. The molecule has 202 valence electrons. The van der Waals surface area contributed by atoms with E-state index in [9.17, 15) is 18.4 Å². The second-order valence-corrected chi connectivity index (χ2v) is 9.44. The highest BCUT2D eigenvalue weighted by molar-refractivity contribution is 6.16. The molecule has 0 spiro atoms. The number of fused-ring (bicyclic) bond motifs is 1. The van der Waals surface area contributed by atoms with Gasteiger partial charge in [-0.2, -0.15) is 0 Å². The van der Waals surface area contributed by atoms with Crippen molar-refractivity contribution in [2.45, 2.75) is 44.9 Å². The van der Waals surface area contributed by atoms with E-state index in [1.807, 2.05) is 11.5 Å². The molecular weight excluding hydrogens is 508 g/mol. The monoisotopic (exact) mass is 535 g/mol. The SMILES string of the molecule is C[C@@H](COC1CCCCO1)n1cc(C(=O)c2cncc(NC(=O)Cc3ccc(F)cc3F)c2)c2cncnc21. The Balaban J connectivity index is 1.33. The predicted molar refractivity (Wildman–Crippen MR) is 138 cm³/mol. The van der Waals surface area contributed by atoms with Crippen LogP contribution in [0.3, 0.4) is 0 Å². The zero-order chi connectivity index (χ0) is 27.4. The van der Waals surface area contributed by atoms with Crippen molar-refractivity contribution in [1.82, 2.24) is 19.5 Å². The van der Waals surface area contributed by atoms with Crippen LogP contribution in [0.25, 0.3) is 11.0 Å². The van der Waals surface area contributed by atoms with Crippen LogP contribution in [0.2, 0.25) is 0 Å². The van der Waals surface area contributed by atoms with Gasteiger partial charge in [0.1, 0.15) is 23.6 Å². The fourth-order valence-corrected chi connectivity index (χ4v) is 4.51. The number of nitrogens with one attached hydrogen (secondary N) is 1. The molecule has 0 radical (unpaired) electrons. The van der Waals surface area contributed by atoms with E-state index in [0.717, 1.165) is 31.4 Å². The van der Waals surface area contributed by atoms with Gasteiger partial charge in [-0.25, -0.2) is 18.7 Å². The zero-order valence-corrected chi connectivity index (χ0v) is 21.3. The van der Waals surface area contributed by atoms with E-state index in [1.165, 1.54) is 30.9 Å². The summed E-state index contributed by atoms with van der Waals surface area (Å²) in [5.41, 5.74) is 1.53. The maximum Gasteiger partial charge on any atom is 0.228 e. The van der Waals surface area contributed by atoms with Crippen molar-refractivity contribution in [3.63, 3.8) is 0 Å². The van der Waals surface area contributed by atoms with Crippen LogP contribution in [0.15, 0.2) is 55.4 Å². The number of carbonyl (C=O) groups excluding carboxylic acids is 2. The molecule has 1 unspecified atom stereocenters. The van der Waals surface area contributed by atoms with Crippen LogP contribution in [0.5, 0.6) is 0 Å². The Morgan fingerprint density at radius 2 is 2.05 bits per heavy atom. The third kappa shape index (κ3) is 6.15. The van der Waals surface area contributed by atoms with Crippen molar-refractivity contribution in [2.75, 3.05) is 18.5 Å². The van der Waals surface area contributed by atoms with Gasteiger partial charge in [-0.15, -0.1) is 0 Å². The number of pyridine rings is 1. The molecule has 5 rings (SSSR count). The van der Waals surface area contributed by atoms with E-state index >= 15 is 0 Å². The van der Waals surface area contributed by atoms with Crippen LogP contribution in [0.1, 0.15) is 53.7 Å². The molecule has 4 aromatic rings. The molecule has 3 aromatic heterocycles. The van der Waals surface area contributed by atoms with Gasteiger partial charge in [-0.05, 0) is 43.9 Å². The number of hydrogen-bond acceptors (Lipinski definition) is 7. The van der Waals surface area contributed by atoms with Crippen LogP contribution in [-0.2, 0) is 20.7 Å². The maximum atomic E-state index is 13.9. The molecule has 1 aromatic carbocycles. The quantitative estimate of drug-likeness (QED) is 0.312. The van der Waals surface area contributed by atoms with Gasteiger partial charge in [0.05, 0.1) is 36.5 Å². The maximum absolute atomic E-state index is 13.9. The Kier molecular flexibility index (Phi) is 7.99. The van der Waals surface area contributed by atoms with Gasteiger partial charge < -0.3 is 19.4 Å². The van der Waals surface area contributed by atoms with Crippen molar-refractivity contribution in [2.24, 2.45) is 0 Å². The number of hydrogen-bond donors (Lipinski definition) is 1. The van der Waals surface area contributed by atoms with E-state index in [2.05, 4.69) is 20.3 Å². The van der Waals surface area contributed by atoms with Crippen LogP contribution in [-0.4, -0.2) is 50.7 Å². The lowest BCUT2D eigenvalue weighted by Crippen LogP contribution is -2.25. The largest absolute Gasteiger partial charge is 0.353 e. The molecule has 0 aliphatic carbocycles. The topological polar surface area (TPSA) is 108 Å². The molecular formula is C28H27F2N5O4. The molecule has 1 aliphatic heterocycles. The summed E-state index contributed by atoms with van der Waals surface area (Å²) in [5.74, 6) is -2.39. The molecule has 9 nitrogen and oxygen atoms in total. The molecule has 1 saturated heterocycles. The average Bonchev–Trinajstić information content (AvgIpc) is 3.33. The Hall–Kier alpha value is -4.09. The van der Waals surface area contributed by atoms with E-state index in [-0.39, 0.29) is 41.4 Å². The Morgan fingerprint density at radius 1 is 1.18 bits per heavy atom. The molecule has 39 heavy (non-hydrogen) atoms. The number of anilines is 1. The van der Waals surface area contributed by atoms with Crippen LogP contribution >= 0.6 is 0 Å². The third-order valence-corrected chi connectivity index (χ3v) is 6.53.